The number of hydrogen-bond acceptors (Lipinski definition) is 5. The van der Waals surface area contributed by atoms with Crippen molar-refractivity contribution in [1.29, 1.82) is 0 Å². The molecule has 1 saturated heterocycles. The van der Waals surface area contributed by atoms with Crippen molar-refractivity contribution >= 4 is 12.2 Å². The molecule has 0 radical (unpaired) electrons. The summed E-state index contributed by atoms with van der Waals surface area (Å²) in [4.78, 5) is 6.43. The van der Waals surface area contributed by atoms with Gasteiger partial charge in [-0.15, -0.1) is 6.58 Å². The summed E-state index contributed by atoms with van der Waals surface area (Å²) < 4.78 is 4.49. The van der Waals surface area contributed by atoms with Crippen molar-refractivity contribution in [3.05, 3.63) is 42.0 Å². The minimum absolute atomic E-state index is 0.177. The molecule has 1 aliphatic rings. The summed E-state index contributed by atoms with van der Waals surface area (Å²) in [5, 5.41) is 14.3. The summed E-state index contributed by atoms with van der Waals surface area (Å²) in [5.41, 5.74) is 0.938. The fraction of sp³-hybridized carbons (Fsp3) is 0.438. The molecule has 3 rings (SSSR count). The average Bonchev–Trinajstić information content (AvgIpc) is 2.88. The molecule has 0 amide bonds. The molecule has 1 aliphatic heterocycles. The van der Waals surface area contributed by atoms with E-state index in [2.05, 4.69) is 16.5 Å². The van der Waals surface area contributed by atoms with Crippen LogP contribution in [-0.2, 0) is 13.2 Å². The van der Waals surface area contributed by atoms with Crippen molar-refractivity contribution in [3.63, 3.8) is 0 Å². The van der Waals surface area contributed by atoms with Gasteiger partial charge in [0.15, 0.2) is 10.6 Å². The van der Waals surface area contributed by atoms with E-state index in [-0.39, 0.29) is 6.10 Å². The summed E-state index contributed by atoms with van der Waals surface area (Å²) >= 11 is 5.59. The Hall–Kier alpha value is -1.83. The molecule has 0 aliphatic carbocycles. The van der Waals surface area contributed by atoms with Gasteiger partial charge in [-0.1, -0.05) is 6.08 Å². The Morgan fingerprint density at radius 1 is 1.39 bits per heavy atom. The molecule has 0 atom stereocenters. The van der Waals surface area contributed by atoms with Crippen LogP contribution >= 0.6 is 12.2 Å². The molecule has 23 heavy (non-hydrogen) atoms. The number of nitrogens with zero attached hydrogens (tertiary/aromatic N) is 5. The first kappa shape index (κ1) is 16.0. The summed E-state index contributed by atoms with van der Waals surface area (Å²) in [6, 6.07) is 3.87. The number of aliphatic hydroxyl groups excluding tert-OH is 1. The van der Waals surface area contributed by atoms with Crippen molar-refractivity contribution in [2.45, 2.75) is 32.2 Å². The van der Waals surface area contributed by atoms with Gasteiger partial charge < -0.3 is 5.11 Å². The Balaban J connectivity index is 1.89. The highest BCUT2D eigenvalue weighted by molar-refractivity contribution is 7.71. The molecular formula is C16H21N5OS. The predicted octanol–water partition coefficient (Wildman–Crippen LogP) is 2.08. The lowest BCUT2D eigenvalue weighted by atomic mass is 10.1. The number of aromatic nitrogens is 4. The van der Waals surface area contributed by atoms with Gasteiger partial charge in [-0.3, -0.25) is 14.5 Å². The fourth-order valence-electron chi connectivity index (χ4n) is 2.79. The summed E-state index contributed by atoms with van der Waals surface area (Å²) in [7, 11) is 0. The first-order valence-electron chi connectivity index (χ1n) is 7.78. The summed E-state index contributed by atoms with van der Waals surface area (Å²) in [5.74, 6) is 0.806. The zero-order valence-electron chi connectivity index (χ0n) is 13.0. The SMILES string of the molecule is C=CCn1c(-c2cccnc2)nn(CN2CCC(O)CC2)c1=S. The van der Waals surface area contributed by atoms with Crippen LogP contribution in [0.5, 0.6) is 0 Å². The van der Waals surface area contributed by atoms with Crippen LogP contribution in [0.15, 0.2) is 37.2 Å². The fourth-order valence-corrected chi connectivity index (χ4v) is 3.05. The predicted molar refractivity (Wildman–Crippen MR) is 91.3 cm³/mol. The number of likely N-dealkylation sites (tertiary alicyclic amines) is 1. The van der Waals surface area contributed by atoms with E-state index in [0.29, 0.717) is 18.0 Å². The van der Waals surface area contributed by atoms with Crippen LogP contribution in [0.2, 0.25) is 0 Å². The first-order chi connectivity index (χ1) is 11.2. The highest BCUT2D eigenvalue weighted by Gasteiger charge is 2.19. The van der Waals surface area contributed by atoms with E-state index in [1.807, 2.05) is 27.5 Å². The van der Waals surface area contributed by atoms with Crippen LogP contribution in [0, 0.1) is 4.77 Å². The van der Waals surface area contributed by atoms with Gasteiger partial charge in [-0.05, 0) is 37.2 Å². The molecule has 0 aromatic carbocycles. The lowest BCUT2D eigenvalue weighted by Gasteiger charge is -2.28. The monoisotopic (exact) mass is 331 g/mol. The third kappa shape index (κ3) is 3.57. The molecule has 122 valence electrons. The molecule has 0 saturated carbocycles. The maximum absolute atomic E-state index is 9.62. The maximum atomic E-state index is 9.62. The summed E-state index contributed by atoms with van der Waals surface area (Å²) in [6.45, 7) is 6.78. The minimum atomic E-state index is -0.177. The van der Waals surface area contributed by atoms with Crippen LogP contribution in [0.3, 0.4) is 0 Å². The van der Waals surface area contributed by atoms with Crippen LogP contribution in [-0.4, -0.2) is 48.5 Å². The molecule has 2 aromatic rings. The molecule has 3 heterocycles. The number of aliphatic hydroxyl groups is 1. The van der Waals surface area contributed by atoms with E-state index in [0.717, 1.165) is 37.3 Å². The molecule has 0 bridgehead atoms. The van der Waals surface area contributed by atoms with Gasteiger partial charge in [0.1, 0.15) is 0 Å². The molecular weight excluding hydrogens is 310 g/mol. The van der Waals surface area contributed by atoms with Crippen molar-refractivity contribution in [2.75, 3.05) is 13.1 Å². The Bertz CT molecular complexity index is 716. The van der Waals surface area contributed by atoms with Crippen molar-refractivity contribution in [2.24, 2.45) is 0 Å². The molecule has 1 fully saturated rings. The quantitative estimate of drug-likeness (QED) is 0.671. The Morgan fingerprint density at radius 3 is 2.83 bits per heavy atom. The van der Waals surface area contributed by atoms with Crippen LogP contribution < -0.4 is 0 Å². The Morgan fingerprint density at radius 2 is 2.17 bits per heavy atom. The average molecular weight is 331 g/mol. The van der Waals surface area contributed by atoms with Crippen molar-refractivity contribution in [1.82, 2.24) is 24.2 Å². The van der Waals surface area contributed by atoms with Crippen LogP contribution in [0.4, 0.5) is 0 Å². The number of allylic oxidation sites excluding steroid dienone is 1. The second kappa shape index (κ2) is 7.16. The lowest BCUT2D eigenvalue weighted by Crippen LogP contribution is -2.37. The van der Waals surface area contributed by atoms with E-state index in [9.17, 15) is 5.11 Å². The minimum Gasteiger partial charge on any atom is -0.393 e. The topological polar surface area (TPSA) is 59.1 Å². The summed E-state index contributed by atoms with van der Waals surface area (Å²) in [6.07, 6.45) is 6.78. The van der Waals surface area contributed by atoms with E-state index < -0.39 is 0 Å². The number of rotatable bonds is 5. The second-order valence-electron chi connectivity index (χ2n) is 5.74. The Labute approximate surface area is 140 Å². The van der Waals surface area contributed by atoms with E-state index in [4.69, 9.17) is 17.3 Å². The van der Waals surface area contributed by atoms with E-state index in [1.54, 1.807) is 12.4 Å². The van der Waals surface area contributed by atoms with Crippen molar-refractivity contribution < 1.29 is 5.11 Å². The number of pyridine rings is 1. The van der Waals surface area contributed by atoms with Gasteiger partial charge in [0.2, 0.25) is 0 Å². The first-order valence-corrected chi connectivity index (χ1v) is 8.19. The molecule has 6 nitrogen and oxygen atoms in total. The van der Waals surface area contributed by atoms with E-state index in [1.165, 1.54) is 0 Å². The number of hydrogen-bond donors (Lipinski definition) is 1. The zero-order valence-corrected chi connectivity index (χ0v) is 13.8. The van der Waals surface area contributed by atoms with Gasteiger partial charge in [0.25, 0.3) is 0 Å². The molecule has 2 aromatic heterocycles. The van der Waals surface area contributed by atoms with Gasteiger partial charge in [-0.25, -0.2) is 4.68 Å². The maximum Gasteiger partial charge on any atom is 0.199 e. The van der Waals surface area contributed by atoms with Crippen LogP contribution in [0.25, 0.3) is 11.4 Å². The largest absolute Gasteiger partial charge is 0.393 e. The molecule has 1 N–H and O–H groups in total. The van der Waals surface area contributed by atoms with Gasteiger partial charge in [-0.2, -0.15) is 5.10 Å². The Kier molecular flexibility index (Phi) is 5.00. The van der Waals surface area contributed by atoms with Gasteiger partial charge in [0, 0.05) is 37.6 Å². The smallest absolute Gasteiger partial charge is 0.199 e. The van der Waals surface area contributed by atoms with Crippen LogP contribution in [0.1, 0.15) is 12.8 Å². The second-order valence-corrected chi connectivity index (χ2v) is 6.10. The number of piperidine rings is 1. The normalized spacial score (nSPS) is 16.6. The van der Waals surface area contributed by atoms with Crippen molar-refractivity contribution in [3.8, 4) is 11.4 Å². The lowest BCUT2D eigenvalue weighted by molar-refractivity contribution is 0.0650. The van der Waals surface area contributed by atoms with E-state index >= 15 is 0 Å². The third-order valence-corrected chi connectivity index (χ3v) is 4.48. The zero-order chi connectivity index (χ0) is 16.2. The third-order valence-electron chi connectivity index (χ3n) is 4.05. The highest BCUT2D eigenvalue weighted by Crippen LogP contribution is 2.18. The van der Waals surface area contributed by atoms with Gasteiger partial charge >= 0.3 is 0 Å². The molecule has 0 spiro atoms. The molecule has 7 heteroatoms. The molecule has 0 unspecified atom stereocenters. The standard InChI is InChI=1S/C16H21N5OS/c1-2-8-20-15(13-4-3-7-17-11-13)18-21(16(20)23)12-19-9-5-14(22)6-10-19/h2-4,7,11,14,22H,1,5-6,8-10,12H2. The highest BCUT2D eigenvalue weighted by atomic mass is 32.1. The van der Waals surface area contributed by atoms with Gasteiger partial charge in [0.05, 0.1) is 12.8 Å².